The van der Waals surface area contributed by atoms with Gasteiger partial charge in [0.25, 0.3) is 5.91 Å². The smallest absolute Gasteiger partial charge is 0.276 e. The fraction of sp³-hybridized carbons (Fsp3) is 0.385. The number of piperidine rings is 1. The molecule has 0 aliphatic carbocycles. The summed E-state index contributed by atoms with van der Waals surface area (Å²) in [5, 5.41) is 11.4. The van der Waals surface area contributed by atoms with Gasteiger partial charge in [-0.25, -0.2) is 4.68 Å². The van der Waals surface area contributed by atoms with Crippen LogP contribution < -0.4 is 5.32 Å². The number of carbonyl (C=O) groups is 2. The summed E-state index contributed by atoms with van der Waals surface area (Å²) in [5.74, 6) is -0.172. The molecule has 2 aliphatic rings. The summed E-state index contributed by atoms with van der Waals surface area (Å²) in [5.41, 5.74) is 4.44. The van der Waals surface area contributed by atoms with E-state index < -0.39 is 0 Å². The Kier molecular flexibility index (Phi) is 6.40. The summed E-state index contributed by atoms with van der Waals surface area (Å²) in [4.78, 5) is 27.5. The number of rotatable bonds is 5. The summed E-state index contributed by atoms with van der Waals surface area (Å²) in [7, 11) is 0. The number of likely N-dealkylation sites (tertiary alicyclic amines) is 1. The lowest BCUT2D eigenvalue weighted by Crippen LogP contribution is -2.43. The van der Waals surface area contributed by atoms with Gasteiger partial charge in [-0.05, 0) is 30.9 Å². The van der Waals surface area contributed by atoms with Crippen LogP contribution in [-0.4, -0.2) is 44.8 Å². The van der Waals surface area contributed by atoms with Crippen LogP contribution in [0.3, 0.4) is 0 Å². The van der Waals surface area contributed by atoms with Crippen LogP contribution in [0.2, 0.25) is 0 Å². The summed E-state index contributed by atoms with van der Waals surface area (Å²) in [6, 6.07) is 18.1. The number of ether oxygens (including phenoxy) is 1. The molecule has 0 radical (unpaired) electrons. The monoisotopic (exact) mass is 459 g/mol. The van der Waals surface area contributed by atoms with Crippen LogP contribution in [0, 0.1) is 12.8 Å². The van der Waals surface area contributed by atoms with E-state index >= 15 is 0 Å². The van der Waals surface area contributed by atoms with Crippen LogP contribution in [0.4, 0.5) is 0 Å². The maximum atomic E-state index is 13.2. The van der Waals surface area contributed by atoms with Crippen LogP contribution in [0.5, 0.6) is 0 Å². The van der Waals surface area contributed by atoms with Crippen molar-refractivity contribution in [3.05, 3.63) is 82.7 Å². The third-order valence-corrected chi connectivity index (χ3v) is 6.71. The normalized spacial score (nSPS) is 18.4. The minimum absolute atomic E-state index is 0.0486. The van der Waals surface area contributed by atoms with E-state index in [4.69, 9.17) is 4.74 Å². The topological polar surface area (TPSA) is 89.4 Å². The Hall–Kier alpha value is -3.52. The second-order valence-electron chi connectivity index (χ2n) is 9.05. The highest BCUT2D eigenvalue weighted by Gasteiger charge is 2.33. The van der Waals surface area contributed by atoms with Crippen molar-refractivity contribution in [1.82, 2.24) is 25.2 Å². The first kappa shape index (κ1) is 22.3. The van der Waals surface area contributed by atoms with Crippen molar-refractivity contribution in [3.63, 3.8) is 0 Å². The number of carbonyl (C=O) groups excluding carboxylic acids is 2. The molecule has 3 aromatic rings. The fourth-order valence-electron chi connectivity index (χ4n) is 4.58. The molecule has 176 valence electrons. The Morgan fingerprint density at radius 1 is 1.06 bits per heavy atom. The lowest BCUT2D eigenvalue weighted by atomic mass is 9.95. The van der Waals surface area contributed by atoms with E-state index in [2.05, 4.69) is 46.8 Å². The highest BCUT2D eigenvalue weighted by molar-refractivity contribution is 5.93. The van der Waals surface area contributed by atoms with Crippen LogP contribution in [0.25, 0.3) is 0 Å². The number of nitrogens with one attached hydrogen (secondary N) is 1. The van der Waals surface area contributed by atoms with Gasteiger partial charge in [-0.15, -0.1) is 5.10 Å². The molecule has 0 saturated carbocycles. The molecule has 34 heavy (non-hydrogen) atoms. The molecule has 0 bridgehead atoms. The van der Waals surface area contributed by atoms with Gasteiger partial charge in [0.05, 0.1) is 18.8 Å². The maximum Gasteiger partial charge on any atom is 0.276 e. The van der Waals surface area contributed by atoms with Crippen LogP contribution in [-0.2, 0) is 29.2 Å². The van der Waals surface area contributed by atoms with Crippen molar-refractivity contribution < 1.29 is 14.3 Å². The number of fused-ring (bicyclic) bond motifs is 1. The van der Waals surface area contributed by atoms with Gasteiger partial charge in [-0.1, -0.05) is 65.4 Å². The summed E-state index contributed by atoms with van der Waals surface area (Å²) >= 11 is 0. The van der Waals surface area contributed by atoms with Gasteiger partial charge < -0.3 is 15.0 Å². The van der Waals surface area contributed by atoms with Gasteiger partial charge >= 0.3 is 0 Å². The highest BCUT2D eigenvalue weighted by atomic mass is 16.5. The number of aromatic nitrogens is 3. The van der Waals surface area contributed by atoms with Crippen molar-refractivity contribution in [3.8, 4) is 0 Å². The van der Waals surface area contributed by atoms with Gasteiger partial charge in [0.2, 0.25) is 5.91 Å². The first-order chi connectivity index (χ1) is 16.6. The molecule has 1 fully saturated rings. The van der Waals surface area contributed by atoms with Crippen molar-refractivity contribution in [2.75, 3.05) is 13.1 Å². The molecule has 1 aromatic heterocycles. The molecule has 1 N–H and O–H groups in total. The second kappa shape index (κ2) is 9.77. The lowest BCUT2D eigenvalue weighted by molar-refractivity contribution is -0.126. The molecule has 2 aliphatic heterocycles. The van der Waals surface area contributed by atoms with Crippen molar-refractivity contribution >= 4 is 11.8 Å². The van der Waals surface area contributed by atoms with Crippen molar-refractivity contribution in [1.29, 1.82) is 0 Å². The number of hydrogen-bond acceptors (Lipinski definition) is 5. The van der Waals surface area contributed by atoms with Crippen LogP contribution >= 0.6 is 0 Å². The third-order valence-electron chi connectivity index (χ3n) is 6.71. The minimum Gasteiger partial charge on any atom is -0.365 e. The molecule has 2 amide bonds. The average Bonchev–Trinajstić information content (AvgIpc) is 3.31. The predicted octanol–water partition coefficient (Wildman–Crippen LogP) is 3.03. The summed E-state index contributed by atoms with van der Waals surface area (Å²) in [6.07, 6.45) is 1.17. The Morgan fingerprint density at radius 3 is 2.53 bits per heavy atom. The maximum absolute atomic E-state index is 13.2. The Bertz CT molecular complexity index is 1150. The fourth-order valence-corrected chi connectivity index (χ4v) is 4.58. The zero-order valence-electron chi connectivity index (χ0n) is 19.3. The van der Waals surface area contributed by atoms with E-state index in [9.17, 15) is 9.59 Å². The zero-order valence-corrected chi connectivity index (χ0v) is 19.3. The average molecular weight is 460 g/mol. The molecular weight excluding hydrogens is 430 g/mol. The highest BCUT2D eigenvalue weighted by Crippen LogP contribution is 2.28. The summed E-state index contributed by atoms with van der Waals surface area (Å²) < 4.78 is 7.84. The molecule has 5 rings (SSSR count). The van der Waals surface area contributed by atoms with Gasteiger partial charge in [-0.3, -0.25) is 9.59 Å². The quantitative estimate of drug-likeness (QED) is 0.634. The van der Waals surface area contributed by atoms with Crippen LogP contribution in [0.1, 0.15) is 51.8 Å². The first-order valence-corrected chi connectivity index (χ1v) is 11.8. The van der Waals surface area contributed by atoms with Gasteiger partial charge in [-0.2, -0.15) is 0 Å². The van der Waals surface area contributed by atoms with E-state index in [1.165, 1.54) is 5.56 Å². The summed E-state index contributed by atoms with van der Waals surface area (Å²) in [6.45, 7) is 4.46. The third kappa shape index (κ3) is 4.72. The van der Waals surface area contributed by atoms with E-state index in [1.807, 2.05) is 30.3 Å². The predicted molar refractivity (Wildman–Crippen MR) is 126 cm³/mol. The van der Waals surface area contributed by atoms with E-state index in [1.54, 1.807) is 9.58 Å². The second-order valence-corrected chi connectivity index (χ2v) is 9.05. The molecule has 3 heterocycles. The largest absolute Gasteiger partial charge is 0.365 e. The molecule has 1 unspecified atom stereocenters. The van der Waals surface area contributed by atoms with E-state index in [0.29, 0.717) is 51.3 Å². The lowest BCUT2D eigenvalue weighted by Gasteiger charge is -2.31. The Balaban J connectivity index is 1.16. The first-order valence-electron chi connectivity index (χ1n) is 11.8. The molecule has 8 heteroatoms. The number of amides is 2. The molecule has 2 aromatic carbocycles. The Morgan fingerprint density at radius 2 is 1.79 bits per heavy atom. The van der Waals surface area contributed by atoms with Gasteiger partial charge in [0, 0.05) is 25.6 Å². The molecule has 8 nitrogen and oxygen atoms in total. The number of aryl methyl sites for hydroxylation is 1. The zero-order chi connectivity index (χ0) is 23.5. The standard InChI is InChI=1S/C26H29N5O3/c1-18-7-9-20(10-8-18)23-16-31-22(17-34-23)24(28-29-31)26(33)30-13-11-21(12-14-30)25(32)27-15-19-5-3-2-4-6-19/h2-10,21,23H,11-17H2,1H3,(H,27,32). The molecular formula is C26H29N5O3. The Labute approximate surface area is 198 Å². The molecule has 1 saturated heterocycles. The SMILES string of the molecule is Cc1ccc(C2Cn3nnc(C(=O)N4CCC(C(=O)NCc5ccccc5)CC4)c3CO2)cc1. The number of hydrogen-bond donors (Lipinski definition) is 1. The van der Waals surface area contributed by atoms with Gasteiger partial charge in [0.1, 0.15) is 6.10 Å². The number of benzene rings is 2. The van der Waals surface area contributed by atoms with Crippen LogP contribution in [0.15, 0.2) is 54.6 Å². The van der Waals surface area contributed by atoms with E-state index in [0.717, 1.165) is 16.8 Å². The van der Waals surface area contributed by atoms with Crippen molar-refractivity contribution in [2.24, 2.45) is 5.92 Å². The number of nitrogens with zero attached hydrogens (tertiary/aromatic N) is 4. The van der Waals surface area contributed by atoms with Gasteiger partial charge in [0.15, 0.2) is 5.69 Å². The molecule has 1 atom stereocenters. The van der Waals surface area contributed by atoms with Crippen molar-refractivity contribution in [2.45, 2.75) is 45.6 Å². The minimum atomic E-state index is -0.137. The van der Waals surface area contributed by atoms with E-state index in [-0.39, 0.29) is 23.8 Å². The molecule has 0 spiro atoms.